The van der Waals surface area contributed by atoms with Gasteiger partial charge in [0.1, 0.15) is 5.82 Å². The van der Waals surface area contributed by atoms with E-state index < -0.39 is 0 Å². The summed E-state index contributed by atoms with van der Waals surface area (Å²) in [7, 11) is 0. The first-order valence-electron chi connectivity index (χ1n) is 7.93. The zero-order chi connectivity index (χ0) is 16.0. The molecule has 4 rings (SSSR count). The maximum atomic E-state index is 12.4. The number of fused-ring (bicyclic) bond motifs is 2. The molecule has 0 unspecified atom stereocenters. The summed E-state index contributed by atoms with van der Waals surface area (Å²) in [5, 5.41) is 6.44. The van der Waals surface area contributed by atoms with Crippen LogP contribution in [0.15, 0.2) is 23.0 Å². The van der Waals surface area contributed by atoms with Crippen LogP contribution in [0.4, 0.5) is 5.69 Å². The SMILES string of the molecule is Cc1cccc(NCc2nc3nc4c(c(=O)n3[nH]2)CCC4)c1C. The van der Waals surface area contributed by atoms with Crippen molar-refractivity contribution in [2.75, 3.05) is 5.32 Å². The maximum absolute atomic E-state index is 12.4. The molecule has 3 aromatic rings. The fourth-order valence-electron chi connectivity index (χ4n) is 3.13. The molecule has 2 N–H and O–H groups in total. The molecule has 118 valence electrons. The van der Waals surface area contributed by atoms with Crippen LogP contribution < -0.4 is 10.9 Å². The summed E-state index contributed by atoms with van der Waals surface area (Å²) in [6.45, 7) is 4.71. The minimum Gasteiger partial charge on any atom is -0.378 e. The molecule has 0 spiro atoms. The van der Waals surface area contributed by atoms with E-state index in [4.69, 9.17) is 0 Å². The standard InChI is InChI=1S/C17H19N5O/c1-10-5-3-7-13(11(10)2)18-9-15-20-17-19-14-8-4-6-12(14)16(23)22(17)21-15/h3,5,7,18H,4,6,8-9H2,1-2H3,(H,19,20,21). The third-order valence-corrected chi connectivity index (χ3v) is 4.61. The Bertz CT molecular complexity index is 954. The van der Waals surface area contributed by atoms with Crippen molar-refractivity contribution < 1.29 is 0 Å². The Morgan fingerprint density at radius 2 is 2.13 bits per heavy atom. The van der Waals surface area contributed by atoms with Crippen molar-refractivity contribution in [2.45, 2.75) is 39.7 Å². The van der Waals surface area contributed by atoms with Gasteiger partial charge in [0.15, 0.2) is 0 Å². The van der Waals surface area contributed by atoms with Crippen molar-refractivity contribution in [2.24, 2.45) is 0 Å². The summed E-state index contributed by atoms with van der Waals surface area (Å²) in [6.07, 6.45) is 2.70. The number of benzene rings is 1. The number of hydrogen-bond acceptors (Lipinski definition) is 4. The van der Waals surface area contributed by atoms with Crippen molar-refractivity contribution >= 4 is 11.5 Å². The number of nitrogens with one attached hydrogen (secondary N) is 2. The number of aromatic nitrogens is 4. The summed E-state index contributed by atoms with van der Waals surface area (Å²) in [5.74, 6) is 1.17. The van der Waals surface area contributed by atoms with Gasteiger partial charge < -0.3 is 5.32 Å². The summed E-state index contributed by atoms with van der Waals surface area (Å²) in [5.41, 5.74) is 5.28. The van der Waals surface area contributed by atoms with E-state index >= 15 is 0 Å². The minimum atomic E-state index is -0.00649. The van der Waals surface area contributed by atoms with Gasteiger partial charge in [-0.2, -0.15) is 9.50 Å². The number of nitrogens with zero attached hydrogens (tertiary/aromatic N) is 3. The number of aryl methyl sites for hydroxylation is 2. The highest BCUT2D eigenvalue weighted by atomic mass is 16.1. The molecule has 0 saturated carbocycles. The second kappa shape index (κ2) is 5.22. The van der Waals surface area contributed by atoms with Crippen molar-refractivity contribution in [1.82, 2.24) is 19.6 Å². The van der Waals surface area contributed by atoms with Crippen molar-refractivity contribution in [3.8, 4) is 0 Å². The molecule has 0 saturated heterocycles. The van der Waals surface area contributed by atoms with E-state index in [0.717, 1.165) is 36.2 Å². The molecule has 6 heteroatoms. The molecule has 2 heterocycles. The van der Waals surface area contributed by atoms with Crippen LogP contribution >= 0.6 is 0 Å². The van der Waals surface area contributed by atoms with E-state index in [1.54, 1.807) is 0 Å². The lowest BCUT2D eigenvalue weighted by Crippen LogP contribution is -2.20. The lowest BCUT2D eigenvalue weighted by atomic mass is 10.1. The molecule has 1 aliphatic rings. The Labute approximate surface area is 133 Å². The topological polar surface area (TPSA) is 75.1 Å². The first-order chi connectivity index (χ1) is 11.1. The molecular weight excluding hydrogens is 290 g/mol. The Morgan fingerprint density at radius 1 is 1.26 bits per heavy atom. The van der Waals surface area contributed by atoms with Crippen molar-refractivity contribution in [3.05, 3.63) is 56.8 Å². The van der Waals surface area contributed by atoms with E-state index in [-0.39, 0.29) is 5.56 Å². The summed E-state index contributed by atoms with van der Waals surface area (Å²) >= 11 is 0. The molecule has 0 bridgehead atoms. The Kier molecular flexibility index (Phi) is 3.18. The Balaban J connectivity index is 1.64. The number of H-pyrrole nitrogens is 1. The summed E-state index contributed by atoms with van der Waals surface area (Å²) < 4.78 is 1.46. The van der Waals surface area contributed by atoms with Gasteiger partial charge in [-0.05, 0) is 50.3 Å². The zero-order valence-electron chi connectivity index (χ0n) is 13.3. The number of hydrogen-bond donors (Lipinski definition) is 2. The minimum absolute atomic E-state index is 0.00649. The molecule has 23 heavy (non-hydrogen) atoms. The monoisotopic (exact) mass is 309 g/mol. The van der Waals surface area contributed by atoms with Gasteiger partial charge in [0.25, 0.3) is 11.3 Å². The predicted octanol–water partition coefficient (Wildman–Crippen LogP) is 2.14. The van der Waals surface area contributed by atoms with Crippen LogP contribution in [0.1, 0.15) is 34.6 Å². The average molecular weight is 309 g/mol. The second-order valence-electron chi connectivity index (χ2n) is 6.10. The molecule has 0 atom stereocenters. The largest absolute Gasteiger partial charge is 0.378 e. The third-order valence-electron chi connectivity index (χ3n) is 4.61. The molecule has 1 aliphatic carbocycles. The molecule has 1 aromatic carbocycles. The van der Waals surface area contributed by atoms with Gasteiger partial charge in [0.05, 0.1) is 12.2 Å². The van der Waals surface area contributed by atoms with Crippen LogP contribution in [0.5, 0.6) is 0 Å². The van der Waals surface area contributed by atoms with Gasteiger partial charge in [0.2, 0.25) is 0 Å². The summed E-state index contributed by atoms with van der Waals surface area (Å²) in [6, 6.07) is 6.16. The first kappa shape index (κ1) is 14.0. The van der Waals surface area contributed by atoms with Crippen molar-refractivity contribution in [3.63, 3.8) is 0 Å². The highest BCUT2D eigenvalue weighted by Gasteiger charge is 2.19. The first-order valence-corrected chi connectivity index (χ1v) is 7.93. The van der Waals surface area contributed by atoms with Gasteiger partial charge in [0, 0.05) is 11.3 Å². The van der Waals surface area contributed by atoms with E-state index in [0.29, 0.717) is 18.1 Å². The fraction of sp³-hybridized carbons (Fsp3) is 0.353. The third kappa shape index (κ3) is 2.30. The van der Waals surface area contributed by atoms with Crippen LogP contribution in [-0.2, 0) is 19.4 Å². The van der Waals surface area contributed by atoms with E-state index in [2.05, 4.69) is 40.3 Å². The molecular formula is C17H19N5O. The van der Waals surface area contributed by atoms with Crippen LogP contribution in [0.25, 0.3) is 5.78 Å². The van der Waals surface area contributed by atoms with Gasteiger partial charge in [-0.3, -0.25) is 9.89 Å². The quantitative estimate of drug-likeness (QED) is 0.777. The van der Waals surface area contributed by atoms with Crippen LogP contribution in [0.2, 0.25) is 0 Å². The number of rotatable bonds is 3. The van der Waals surface area contributed by atoms with Gasteiger partial charge >= 0.3 is 0 Å². The highest BCUT2D eigenvalue weighted by molar-refractivity contribution is 5.53. The lowest BCUT2D eigenvalue weighted by Gasteiger charge is -2.09. The molecule has 6 nitrogen and oxygen atoms in total. The Morgan fingerprint density at radius 3 is 3.00 bits per heavy atom. The number of aromatic amines is 1. The van der Waals surface area contributed by atoms with Gasteiger partial charge in [-0.15, -0.1) is 0 Å². The molecule has 0 radical (unpaired) electrons. The van der Waals surface area contributed by atoms with Crippen LogP contribution in [-0.4, -0.2) is 19.6 Å². The Hall–Kier alpha value is -2.63. The normalized spacial score (nSPS) is 13.5. The van der Waals surface area contributed by atoms with Gasteiger partial charge in [-0.1, -0.05) is 12.1 Å². The summed E-state index contributed by atoms with van der Waals surface area (Å²) in [4.78, 5) is 21.4. The zero-order valence-corrected chi connectivity index (χ0v) is 13.3. The van der Waals surface area contributed by atoms with E-state index in [1.165, 1.54) is 15.6 Å². The number of anilines is 1. The van der Waals surface area contributed by atoms with Gasteiger partial charge in [-0.25, -0.2) is 4.98 Å². The maximum Gasteiger partial charge on any atom is 0.277 e. The van der Waals surface area contributed by atoms with Crippen LogP contribution in [0.3, 0.4) is 0 Å². The molecule has 2 aromatic heterocycles. The smallest absolute Gasteiger partial charge is 0.277 e. The van der Waals surface area contributed by atoms with Crippen molar-refractivity contribution in [1.29, 1.82) is 0 Å². The fourth-order valence-corrected chi connectivity index (χ4v) is 3.13. The second-order valence-corrected chi connectivity index (χ2v) is 6.10. The average Bonchev–Trinajstić information content (AvgIpc) is 3.16. The predicted molar refractivity (Wildman–Crippen MR) is 88.9 cm³/mol. The molecule has 0 aliphatic heterocycles. The molecule has 0 amide bonds. The lowest BCUT2D eigenvalue weighted by molar-refractivity contribution is 0.839. The van der Waals surface area contributed by atoms with E-state index in [9.17, 15) is 4.79 Å². The molecule has 0 fully saturated rings. The highest BCUT2D eigenvalue weighted by Crippen LogP contribution is 2.19. The van der Waals surface area contributed by atoms with E-state index in [1.807, 2.05) is 12.1 Å². The van der Waals surface area contributed by atoms with Crippen LogP contribution in [0, 0.1) is 13.8 Å².